The molecular weight excluding hydrogens is 316 g/mol. The van der Waals surface area contributed by atoms with Gasteiger partial charge in [0.25, 0.3) is 0 Å². The molecule has 1 atom stereocenters. The van der Waals surface area contributed by atoms with Crippen LogP contribution in [0.5, 0.6) is 5.75 Å². The van der Waals surface area contributed by atoms with E-state index < -0.39 is 0 Å². The highest BCUT2D eigenvalue weighted by Crippen LogP contribution is 2.29. The summed E-state index contributed by atoms with van der Waals surface area (Å²) in [6.45, 7) is 5.08. The van der Waals surface area contributed by atoms with Crippen LogP contribution in [0.15, 0.2) is 18.2 Å². The van der Waals surface area contributed by atoms with Crippen LogP contribution in [0, 0.1) is 0 Å². The molecule has 0 saturated carbocycles. The molecule has 1 aromatic rings. The molecule has 0 aromatic heterocycles. The summed E-state index contributed by atoms with van der Waals surface area (Å²) in [6.07, 6.45) is 0.360. The number of morpholine rings is 1. The molecular formula is C17H25ClN2O3. The Morgan fingerprint density at radius 1 is 1.48 bits per heavy atom. The first-order valence-electron chi connectivity index (χ1n) is 7.95. The summed E-state index contributed by atoms with van der Waals surface area (Å²) in [5.74, 6) is 0.698. The number of hydrogen-bond acceptors (Lipinski definition) is 4. The maximum absolute atomic E-state index is 12.6. The zero-order chi connectivity index (χ0) is 16.8. The predicted octanol–water partition coefficient (Wildman–Crippen LogP) is 2.07. The van der Waals surface area contributed by atoms with Gasteiger partial charge in [0.2, 0.25) is 5.91 Å². The fourth-order valence-corrected chi connectivity index (χ4v) is 2.99. The Labute approximate surface area is 143 Å². The summed E-state index contributed by atoms with van der Waals surface area (Å²) in [7, 11) is 4.01. The van der Waals surface area contributed by atoms with Crippen LogP contribution >= 0.6 is 11.6 Å². The number of carbonyl (C=O) groups is 1. The monoisotopic (exact) mass is 340 g/mol. The molecule has 0 aliphatic carbocycles. The SMILES string of the molecule is CCOc1c(Cl)cccc1CC(=O)N1CCO[C@H](CN(C)C)C1. The molecule has 1 fully saturated rings. The van der Waals surface area contributed by atoms with Crippen molar-refractivity contribution in [2.75, 3.05) is 46.9 Å². The molecule has 1 aliphatic heterocycles. The van der Waals surface area contributed by atoms with Gasteiger partial charge >= 0.3 is 0 Å². The van der Waals surface area contributed by atoms with Crippen molar-refractivity contribution in [3.63, 3.8) is 0 Å². The van der Waals surface area contributed by atoms with Crippen molar-refractivity contribution in [1.29, 1.82) is 0 Å². The molecule has 5 nitrogen and oxygen atoms in total. The lowest BCUT2D eigenvalue weighted by Crippen LogP contribution is -2.49. The molecule has 1 heterocycles. The molecule has 6 heteroatoms. The van der Waals surface area contributed by atoms with E-state index in [9.17, 15) is 4.79 Å². The van der Waals surface area contributed by atoms with Crippen LogP contribution in [0.1, 0.15) is 12.5 Å². The normalized spacial score (nSPS) is 18.3. The van der Waals surface area contributed by atoms with Crippen molar-refractivity contribution >= 4 is 17.5 Å². The largest absolute Gasteiger partial charge is 0.492 e. The second-order valence-corrected chi connectivity index (χ2v) is 6.34. The highest BCUT2D eigenvalue weighted by atomic mass is 35.5. The summed E-state index contributed by atoms with van der Waals surface area (Å²) < 4.78 is 11.3. The van der Waals surface area contributed by atoms with E-state index in [-0.39, 0.29) is 12.0 Å². The second kappa shape index (κ2) is 8.52. The Hall–Kier alpha value is -1.30. The van der Waals surface area contributed by atoms with E-state index in [1.807, 2.05) is 38.1 Å². The summed E-state index contributed by atoms with van der Waals surface area (Å²) in [5.41, 5.74) is 0.833. The maximum Gasteiger partial charge on any atom is 0.227 e. The van der Waals surface area contributed by atoms with Gasteiger partial charge in [-0.3, -0.25) is 4.79 Å². The van der Waals surface area contributed by atoms with Gasteiger partial charge in [0.15, 0.2) is 0 Å². The van der Waals surface area contributed by atoms with E-state index in [0.29, 0.717) is 43.5 Å². The van der Waals surface area contributed by atoms with E-state index in [4.69, 9.17) is 21.1 Å². The Balaban J connectivity index is 2.03. The topological polar surface area (TPSA) is 42.0 Å². The van der Waals surface area contributed by atoms with E-state index in [1.165, 1.54) is 0 Å². The quantitative estimate of drug-likeness (QED) is 0.795. The Kier molecular flexibility index (Phi) is 6.69. The van der Waals surface area contributed by atoms with Crippen LogP contribution < -0.4 is 4.74 Å². The lowest BCUT2D eigenvalue weighted by Gasteiger charge is -2.34. The summed E-state index contributed by atoms with van der Waals surface area (Å²) in [5, 5.41) is 0.546. The number of ether oxygens (including phenoxy) is 2. The molecule has 23 heavy (non-hydrogen) atoms. The highest BCUT2D eigenvalue weighted by Gasteiger charge is 2.25. The molecule has 128 valence electrons. The van der Waals surface area contributed by atoms with Gasteiger partial charge in [-0.2, -0.15) is 0 Å². The molecule has 1 saturated heterocycles. The number of halogens is 1. The van der Waals surface area contributed by atoms with Gasteiger partial charge in [-0.1, -0.05) is 23.7 Å². The average molecular weight is 341 g/mol. The summed E-state index contributed by atoms with van der Waals surface area (Å²) in [4.78, 5) is 16.6. The number of hydrogen-bond donors (Lipinski definition) is 0. The molecule has 1 aromatic carbocycles. The smallest absolute Gasteiger partial charge is 0.227 e. The number of rotatable bonds is 6. The third-order valence-corrected chi connectivity index (χ3v) is 4.04. The lowest BCUT2D eigenvalue weighted by molar-refractivity contribution is -0.138. The third-order valence-electron chi connectivity index (χ3n) is 3.74. The maximum atomic E-state index is 12.6. The van der Waals surface area contributed by atoms with Crippen molar-refractivity contribution in [2.24, 2.45) is 0 Å². The number of carbonyl (C=O) groups excluding carboxylic acids is 1. The van der Waals surface area contributed by atoms with E-state index in [2.05, 4.69) is 4.90 Å². The first-order valence-corrected chi connectivity index (χ1v) is 8.33. The van der Waals surface area contributed by atoms with Gasteiger partial charge < -0.3 is 19.3 Å². The fraction of sp³-hybridized carbons (Fsp3) is 0.588. The van der Waals surface area contributed by atoms with Crippen LogP contribution in [0.25, 0.3) is 0 Å². The van der Waals surface area contributed by atoms with E-state index >= 15 is 0 Å². The standard InChI is InChI=1S/C17H25ClN2O3/c1-4-22-17-13(6-5-7-15(17)18)10-16(21)20-8-9-23-14(12-20)11-19(2)3/h5-7,14H,4,8-12H2,1-3H3/t14-/m1/s1. The molecule has 0 radical (unpaired) electrons. The zero-order valence-corrected chi connectivity index (χ0v) is 14.8. The van der Waals surface area contributed by atoms with Crippen LogP contribution in [0.3, 0.4) is 0 Å². The van der Waals surface area contributed by atoms with Gasteiger partial charge in [-0.25, -0.2) is 0 Å². The third kappa shape index (κ3) is 5.09. The van der Waals surface area contributed by atoms with Crippen molar-refractivity contribution < 1.29 is 14.3 Å². The van der Waals surface area contributed by atoms with Gasteiger partial charge in [-0.05, 0) is 27.1 Å². The van der Waals surface area contributed by atoms with Gasteiger partial charge in [0.1, 0.15) is 5.75 Å². The van der Waals surface area contributed by atoms with Crippen molar-refractivity contribution in [3.8, 4) is 5.75 Å². The first kappa shape index (κ1) is 18.0. The van der Waals surface area contributed by atoms with Gasteiger partial charge in [-0.15, -0.1) is 0 Å². The predicted molar refractivity (Wildman–Crippen MR) is 91.2 cm³/mol. The first-order chi connectivity index (χ1) is 11.0. The van der Waals surface area contributed by atoms with Crippen LogP contribution in [0.2, 0.25) is 5.02 Å². The molecule has 0 unspecified atom stereocenters. The molecule has 0 bridgehead atoms. The molecule has 1 aliphatic rings. The molecule has 2 rings (SSSR count). The van der Waals surface area contributed by atoms with Crippen molar-refractivity contribution in [3.05, 3.63) is 28.8 Å². The number of para-hydroxylation sites is 1. The average Bonchev–Trinajstić information content (AvgIpc) is 2.50. The van der Waals surface area contributed by atoms with Crippen molar-refractivity contribution in [1.82, 2.24) is 9.80 Å². The van der Waals surface area contributed by atoms with E-state index in [0.717, 1.165) is 12.1 Å². The highest BCUT2D eigenvalue weighted by molar-refractivity contribution is 6.32. The molecule has 0 N–H and O–H groups in total. The number of nitrogens with zero attached hydrogens (tertiary/aromatic N) is 2. The molecule has 1 amide bonds. The van der Waals surface area contributed by atoms with Crippen molar-refractivity contribution in [2.45, 2.75) is 19.4 Å². The number of benzene rings is 1. The zero-order valence-electron chi connectivity index (χ0n) is 14.0. The summed E-state index contributed by atoms with van der Waals surface area (Å²) in [6, 6.07) is 5.52. The van der Waals surface area contributed by atoms with Crippen LogP contribution in [-0.4, -0.2) is 68.8 Å². The lowest BCUT2D eigenvalue weighted by atomic mass is 10.1. The van der Waals surface area contributed by atoms with Gasteiger partial charge in [0.05, 0.1) is 30.8 Å². The van der Waals surface area contributed by atoms with E-state index in [1.54, 1.807) is 6.07 Å². The molecule has 0 spiro atoms. The van der Waals surface area contributed by atoms with Crippen LogP contribution in [0.4, 0.5) is 0 Å². The second-order valence-electron chi connectivity index (χ2n) is 5.93. The number of amides is 1. The minimum atomic E-state index is 0.0634. The van der Waals surface area contributed by atoms with Crippen LogP contribution in [-0.2, 0) is 16.0 Å². The minimum Gasteiger partial charge on any atom is -0.492 e. The summed E-state index contributed by atoms with van der Waals surface area (Å²) >= 11 is 6.18. The number of likely N-dealkylation sites (N-methyl/N-ethyl adjacent to an activating group) is 1. The Morgan fingerprint density at radius 3 is 2.96 bits per heavy atom. The minimum absolute atomic E-state index is 0.0634. The Morgan fingerprint density at radius 2 is 2.26 bits per heavy atom. The fourth-order valence-electron chi connectivity index (χ4n) is 2.74. The Bertz CT molecular complexity index is 537. The van der Waals surface area contributed by atoms with Gasteiger partial charge in [0, 0.05) is 25.2 Å².